The predicted octanol–water partition coefficient (Wildman–Crippen LogP) is 16.1. The Kier molecular flexibility index (Phi) is 32.7. The first kappa shape index (κ1) is 107. The number of aromatic nitrogens is 10. The van der Waals surface area contributed by atoms with E-state index in [1.54, 1.807) is 154 Å². The number of rotatable bonds is 28. The van der Waals surface area contributed by atoms with E-state index in [4.69, 9.17) is 9.84 Å². The van der Waals surface area contributed by atoms with Crippen LogP contribution in [0.3, 0.4) is 0 Å². The molecule has 144 heavy (non-hydrogen) atoms. The zero-order chi connectivity index (χ0) is 106. The summed E-state index contributed by atoms with van der Waals surface area (Å²) in [4.78, 5) is 131. The minimum Gasteiger partial charge on any atom is -0.506 e. The number of aromatic amines is 5. The summed E-state index contributed by atoms with van der Waals surface area (Å²) < 4.78 is 75.4. The molecule has 0 saturated carbocycles. The van der Waals surface area contributed by atoms with Gasteiger partial charge in [-0.05, 0) is 173 Å². The van der Waals surface area contributed by atoms with E-state index in [1.165, 1.54) is 6.07 Å². The summed E-state index contributed by atoms with van der Waals surface area (Å²) in [6.45, 7) is 23.3. The van der Waals surface area contributed by atoms with Crippen LogP contribution in [0.25, 0.3) is 111 Å². The Hall–Kier alpha value is -16.3. The number of pyridine rings is 5. The van der Waals surface area contributed by atoms with Gasteiger partial charge < -0.3 is 120 Å². The van der Waals surface area contributed by atoms with Crippen LogP contribution in [-0.2, 0) is 100 Å². The summed E-state index contributed by atoms with van der Waals surface area (Å²) >= 11 is 0. The van der Waals surface area contributed by atoms with Crippen molar-refractivity contribution in [1.29, 1.82) is 0 Å². The second kappa shape index (κ2) is 44.2. The molecule has 38 heteroatoms. The molecular weight excluding hydrogens is 1870 g/mol. The lowest BCUT2D eigenvalue weighted by Crippen LogP contribution is -2.35. The van der Waals surface area contributed by atoms with Crippen molar-refractivity contribution in [3.8, 4) is 85.0 Å². The molecule has 6 aromatic carbocycles. The van der Waals surface area contributed by atoms with E-state index in [0.29, 0.717) is 170 Å². The third-order valence-corrected chi connectivity index (χ3v) is 25.2. The molecular formula is C106H114F4N14O20. The largest absolute Gasteiger partial charge is 0.506 e. The normalized spacial score (nSPS) is 11.4. The lowest BCUT2D eigenvalue weighted by Gasteiger charge is -2.20. The van der Waals surface area contributed by atoms with Gasteiger partial charge in [0, 0.05) is 134 Å². The highest BCUT2D eigenvalue weighted by Crippen LogP contribution is 2.43. The maximum atomic E-state index is 15.2. The minimum atomic E-state index is -1.50. The van der Waals surface area contributed by atoms with Gasteiger partial charge in [-0.1, -0.05) is 110 Å². The molecule has 0 aliphatic carbocycles. The summed E-state index contributed by atoms with van der Waals surface area (Å²) in [6, 6.07) is 37.6. The van der Waals surface area contributed by atoms with Crippen LogP contribution >= 0.6 is 0 Å². The molecule has 0 spiro atoms. The molecule has 0 bridgehead atoms. The van der Waals surface area contributed by atoms with Crippen molar-refractivity contribution in [2.24, 2.45) is 35.2 Å². The molecule has 16 rings (SSSR count). The van der Waals surface area contributed by atoms with E-state index in [-0.39, 0.29) is 87.2 Å². The van der Waals surface area contributed by atoms with Crippen molar-refractivity contribution in [2.75, 3.05) is 13.6 Å². The number of aryl methyl sites for hydroxylation is 6. The van der Waals surface area contributed by atoms with Crippen molar-refractivity contribution >= 4 is 84.4 Å². The highest BCUT2D eigenvalue weighted by molar-refractivity contribution is 5.99. The quantitative estimate of drug-likeness (QED) is 0.0203. The van der Waals surface area contributed by atoms with Gasteiger partial charge in [-0.3, -0.25) is 24.0 Å². The molecule has 10 heterocycles. The van der Waals surface area contributed by atoms with Crippen molar-refractivity contribution in [1.82, 2.24) is 69.0 Å². The van der Waals surface area contributed by atoms with Gasteiger partial charge in [0.05, 0.1) is 78.8 Å². The van der Waals surface area contributed by atoms with Gasteiger partial charge in [0.25, 0.3) is 27.8 Å². The third kappa shape index (κ3) is 21.3. The monoisotopic (exact) mass is 1980 g/mol. The van der Waals surface area contributed by atoms with Crippen LogP contribution in [0.1, 0.15) is 184 Å². The molecule has 16 aromatic rings. The number of nitrogens with zero attached hydrogens (tertiary/aromatic N) is 5. The highest BCUT2D eigenvalue weighted by atomic mass is 19.1. The van der Waals surface area contributed by atoms with E-state index >= 15 is 8.78 Å². The van der Waals surface area contributed by atoms with Crippen LogP contribution < -0.4 is 53.8 Å². The summed E-state index contributed by atoms with van der Waals surface area (Å²) in [5.41, 5.74) is 5.69. The molecule has 0 aliphatic rings. The van der Waals surface area contributed by atoms with Crippen molar-refractivity contribution < 1.29 is 92.2 Å². The molecule has 0 amide bonds. The van der Waals surface area contributed by atoms with E-state index in [0.717, 1.165) is 27.6 Å². The SMILES string of the molecule is CCNCc1c(F)c2cc(-c3[nH]c(=O)c(C(=O)O)c(O)c3CC)ccc2n1C.CCc1c(-c2ccc3c(c2)c(F)c(CNC(C)(C)C)n3C)[nH]c(=O)c(C(=O)O)c1O.CCc1c(-c2ccc3c(c2)c(F)c(CNC(C)C)n3C)[nH]c(=O)c(C(=O)O)c1O.CCc1c(-c2ccc3c(c2)c(F)c(CNC)n3C)[nH]c(=O)c(C(=O)O)c1O.CCc1cc(C(=O)O)c(=O)[nH]c1-c1ccc2c(ccn2C)c1OCc1ccccc1. The topological polar surface area (TPSA) is 514 Å². The van der Waals surface area contributed by atoms with E-state index < -0.39 is 103 Å². The Morgan fingerprint density at radius 2 is 0.743 bits per heavy atom. The van der Waals surface area contributed by atoms with Crippen LogP contribution in [0, 0.1) is 23.3 Å². The second-order valence-electron chi connectivity index (χ2n) is 35.6. The average molecular weight is 1980 g/mol. The first-order valence-corrected chi connectivity index (χ1v) is 46.3. The minimum absolute atomic E-state index is 0.174. The van der Waals surface area contributed by atoms with Crippen LogP contribution in [0.4, 0.5) is 17.6 Å². The first-order chi connectivity index (χ1) is 68.2. The van der Waals surface area contributed by atoms with Gasteiger partial charge in [-0.25, -0.2) is 41.5 Å². The van der Waals surface area contributed by atoms with Gasteiger partial charge in [0.1, 0.15) is 40.9 Å². The predicted molar refractivity (Wildman–Crippen MR) is 543 cm³/mol. The number of nitrogens with one attached hydrogen (secondary N) is 9. The molecule has 34 nitrogen and oxygen atoms in total. The summed E-state index contributed by atoms with van der Waals surface area (Å²) in [5.74, 6) is -10.3. The van der Waals surface area contributed by atoms with E-state index in [2.05, 4.69) is 46.2 Å². The fourth-order valence-corrected chi connectivity index (χ4v) is 17.6. The maximum Gasteiger partial charge on any atom is 0.345 e. The Balaban J connectivity index is 0.000000161. The number of carbonyl (C=O) groups is 5. The van der Waals surface area contributed by atoms with Crippen LogP contribution in [0.5, 0.6) is 28.7 Å². The summed E-state index contributed by atoms with van der Waals surface area (Å²) in [6.07, 6.45) is 3.68. The van der Waals surface area contributed by atoms with Crippen molar-refractivity contribution in [3.63, 3.8) is 0 Å². The fraction of sp³-hybridized carbons (Fsp3) is 0.283. The second-order valence-corrected chi connectivity index (χ2v) is 35.6. The van der Waals surface area contributed by atoms with Gasteiger partial charge >= 0.3 is 29.8 Å². The number of benzene rings is 6. The number of carboxylic acid groups (broad SMARTS) is 5. The van der Waals surface area contributed by atoms with Crippen LogP contribution in [0.15, 0.2) is 158 Å². The molecule has 0 radical (unpaired) electrons. The Bertz CT molecular complexity index is 8060. The highest BCUT2D eigenvalue weighted by Gasteiger charge is 2.31. The zero-order valence-corrected chi connectivity index (χ0v) is 82.3. The molecule has 756 valence electrons. The number of aromatic carboxylic acids is 5. The third-order valence-electron chi connectivity index (χ3n) is 25.2. The van der Waals surface area contributed by atoms with Crippen molar-refractivity contribution in [2.45, 2.75) is 153 Å². The van der Waals surface area contributed by atoms with Gasteiger partial charge in [0.2, 0.25) is 0 Å². The molecule has 0 unspecified atom stereocenters. The fourth-order valence-electron chi connectivity index (χ4n) is 17.6. The van der Waals surface area contributed by atoms with Crippen LogP contribution in [-0.4, -0.2) is 149 Å². The first-order valence-electron chi connectivity index (χ1n) is 46.3. The number of H-pyrrole nitrogens is 5. The number of ether oxygens (including phenoxy) is 1. The standard InChI is InChI=1S/C24H22N2O4.C22H26FN3O4.C21H24FN3O4.C20H22FN3O4.C19H20FN3O4/c1-3-16-13-19(24(28)29)23(27)25-21(16)18-9-10-20-17(11-12-26(20)2)22(18)30-14-15-7-5-4-6-8-15;1-6-12-18(25-20(28)16(19(12)27)21(29)30)11-7-8-14-13(9-11)17(23)15(26(14)5)10-24-22(2,3)4;1-5-12-18(24-20(27)16(19(12)26)21(28)29)11-6-7-14-13(8-11)17(22)15(25(14)4)9-23-10(2)3;1-4-11-17(23-19(26)15(18(11)25)20(27)28)10-6-7-13-12(8-10)16(21)14(24(13)3)9-22-5-2;1-4-10-16(22-18(25)14(17(10)24)19(26)27)9-5-6-12-11(7-9)15(20)13(8-21-2)23(12)3/h4-13H,3,14H2,1-2H3,(H,25,27)(H,28,29);7-9,24H,6,10H2,1-5H3,(H,29,30)(H2,25,27,28);6-8,10,23H,5,9H2,1-4H3,(H,28,29)(H2,24,26,27);6-8,22H,4-5,9H2,1-3H3,(H,27,28)(H2,23,25,26);5-7,21H,4,8H2,1-3H3,(H,26,27)(H2,22,24,25). The van der Waals surface area contributed by atoms with Gasteiger partial charge in [-0.2, -0.15) is 0 Å². The Labute approximate surface area is 820 Å². The summed E-state index contributed by atoms with van der Waals surface area (Å²) in [5, 5.41) is 102. The molecule has 18 N–H and O–H groups in total. The van der Waals surface area contributed by atoms with Gasteiger partial charge in [-0.15, -0.1) is 0 Å². The number of aromatic hydroxyl groups is 4. The average Bonchev–Trinajstić information content (AvgIpc) is 1.65. The number of carboxylic acids is 5. The molecule has 0 fully saturated rings. The molecule has 0 saturated heterocycles. The van der Waals surface area contributed by atoms with Crippen LogP contribution in [0.2, 0.25) is 0 Å². The zero-order valence-electron chi connectivity index (χ0n) is 82.3. The Morgan fingerprint density at radius 3 is 1.06 bits per heavy atom. The van der Waals surface area contributed by atoms with Gasteiger partial charge in [0.15, 0.2) is 45.5 Å². The van der Waals surface area contributed by atoms with E-state index in [9.17, 15) is 97.6 Å². The maximum absolute atomic E-state index is 15.2. The smallest absolute Gasteiger partial charge is 0.345 e. The number of halogens is 4. The van der Waals surface area contributed by atoms with E-state index in [1.807, 2.05) is 115 Å². The number of hydrogen-bond donors (Lipinski definition) is 18. The molecule has 0 aliphatic heterocycles. The lowest BCUT2D eigenvalue weighted by molar-refractivity contribution is 0.0680. The number of fused-ring (bicyclic) bond motifs is 5. The molecule has 0 atom stereocenters. The Morgan fingerprint density at radius 1 is 0.403 bits per heavy atom. The molecule has 10 aromatic heterocycles. The summed E-state index contributed by atoms with van der Waals surface area (Å²) in [7, 11) is 10.8. The number of hydrogen-bond acceptors (Lipinski definition) is 19. The lowest BCUT2D eigenvalue weighted by atomic mass is 9.99. The van der Waals surface area contributed by atoms with Crippen molar-refractivity contribution in [3.05, 3.63) is 293 Å².